The van der Waals surface area contributed by atoms with Crippen molar-refractivity contribution in [1.29, 1.82) is 0 Å². The Hall–Kier alpha value is -1.22. The van der Waals surface area contributed by atoms with E-state index in [1.54, 1.807) is 7.11 Å². The van der Waals surface area contributed by atoms with Crippen LogP contribution in [0.1, 0.15) is 31.2 Å². The summed E-state index contributed by atoms with van der Waals surface area (Å²) in [6.45, 7) is 2.15. The van der Waals surface area contributed by atoms with Gasteiger partial charge < -0.3 is 15.0 Å². The van der Waals surface area contributed by atoms with Crippen LogP contribution in [0.15, 0.2) is 18.2 Å². The molecule has 0 amide bonds. The predicted molar refractivity (Wildman–Crippen MR) is 78.9 cm³/mol. The number of ether oxygens (including phenoxy) is 1. The van der Waals surface area contributed by atoms with Gasteiger partial charge in [-0.2, -0.15) is 0 Å². The molecule has 0 aromatic heterocycles. The molecule has 2 bridgehead atoms. The highest BCUT2D eigenvalue weighted by atomic mass is 16.5. The first-order valence-electron chi connectivity index (χ1n) is 7.30. The highest BCUT2D eigenvalue weighted by molar-refractivity contribution is 5.54. The summed E-state index contributed by atoms with van der Waals surface area (Å²) in [5, 5.41) is 3.74. The molecule has 2 unspecified atom stereocenters. The lowest BCUT2D eigenvalue weighted by atomic mass is 9.97. The Balaban J connectivity index is 1.69. The third-order valence-electron chi connectivity index (χ3n) is 4.89. The van der Waals surface area contributed by atoms with Crippen LogP contribution in [0.3, 0.4) is 0 Å². The maximum absolute atomic E-state index is 5.26. The average Bonchev–Trinajstić information content (AvgIpc) is 2.64. The van der Waals surface area contributed by atoms with Crippen LogP contribution in [-0.2, 0) is 0 Å². The van der Waals surface area contributed by atoms with E-state index in [2.05, 4.69) is 36.3 Å². The molecule has 0 spiro atoms. The minimum Gasteiger partial charge on any atom is -0.497 e. The Kier molecular flexibility index (Phi) is 3.40. The third kappa shape index (κ3) is 2.44. The Morgan fingerprint density at radius 1 is 1.21 bits per heavy atom. The van der Waals surface area contributed by atoms with E-state index in [0.29, 0.717) is 6.04 Å². The molecule has 1 aromatic carbocycles. The number of aryl methyl sites for hydroxylation is 1. The molecule has 3 rings (SSSR count). The molecule has 2 aliphatic heterocycles. The molecule has 2 aliphatic rings. The summed E-state index contributed by atoms with van der Waals surface area (Å²) in [5.41, 5.74) is 2.53. The van der Waals surface area contributed by atoms with Crippen molar-refractivity contribution in [1.82, 2.24) is 4.90 Å². The van der Waals surface area contributed by atoms with Gasteiger partial charge in [0.05, 0.1) is 7.11 Å². The molecule has 3 nitrogen and oxygen atoms in total. The summed E-state index contributed by atoms with van der Waals surface area (Å²) in [5.74, 6) is 0.937. The summed E-state index contributed by atoms with van der Waals surface area (Å²) in [6.07, 6.45) is 5.30. The van der Waals surface area contributed by atoms with Crippen molar-refractivity contribution in [3.63, 3.8) is 0 Å². The zero-order valence-electron chi connectivity index (χ0n) is 12.1. The fourth-order valence-corrected chi connectivity index (χ4v) is 3.67. The van der Waals surface area contributed by atoms with Gasteiger partial charge in [-0.1, -0.05) is 0 Å². The highest BCUT2D eigenvalue weighted by Crippen LogP contribution is 2.35. The fourth-order valence-electron chi connectivity index (χ4n) is 3.67. The van der Waals surface area contributed by atoms with Crippen LogP contribution < -0.4 is 10.1 Å². The lowest BCUT2D eigenvalue weighted by Gasteiger charge is -2.37. The van der Waals surface area contributed by atoms with Gasteiger partial charge in [0.15, 0.2) is 0 Å². The number of nitrogens with zero attached hydrogens (tertiary/aromatic N) is 1. The number of rotatable bonds is 3. The first-order chi connectivity index (χ1) is 9.17. The van der Waals surface area contributed by atoms with Gasteiger partial charge >= 0.3 is 0 Å². The first kappa shape index (κ1) is 12.8. The number of hydrogen-bond acceptors (Lipinski definition) is 3. The maximum Gasteiger partial charge on any atom is 0.119 e. The Morgan fingerprint density at radius 2 is 1.89 bits per heavy atom. The minimum atomic E-state index is 0.626. The van der Waals surface area contributed by atoms with Crippen LogP contribution in [0.4, 0.5) is 5.69 Å². The number of nitrogens with one attached hydrogen (secondary N) is 1. The van der Waals surface area contributed by atoms with E-state index in [0.717, 1.165) is 17.8 Å². The third-order valence-corrected chi connectivity index (χ3v) is 4.89. The van der Waals surface area contributed by atoms with E-state index in [4.69, 9.17) is 4.74 Å². The molecule has 2 saturated heterocycles. The number of fused-ring (bicyclic) bond motifs is 2. The van der Waals surface area contributed by atoms with Gasteiger partial charge in [-0.15, -0.1) is 0 Å². The number of benzene rings is 1. The van der Waals surface area contributed by atoms with Crippen molar-refractivity contribution in [2.24, 2.45) is 0 Å². The van der Waals surface area contributed by atoms with E-state index >= 15 is 0 Å². The van der Waals surface area contributed by atoms with Crippen LogP contribution in [0.5, 0.6) is 5.75 Å². The monoisotopic (exact) mass is 260 g/mol. The van der Waals surface area contributed by atoms with E-state index < -0.39 is 0 Å². The molecule has 1 aromatic rings. The lowest BCUT2D eigenvalue weighted by Crippen LogP contribution is -2.44. The van der Waals surface area contributed by atoms with Crippen LogP contribution in [-0.4, -0.2) is 37.2 Å². The predicted octanol–water partition coefficient (Wildman–Crippen LogP) is 3.04. The highest BCUT2D eigenvalue weighted by Gasteiger charge is 2.38. The van der Waals surface area contributed by atoms with E-state index in [9.17, 15) is 0 Å². The van der Waals surface area contributed by atoms with Gasteiger partial charge in [-0.05, 0) is 63.4 Å². The number of hydrogen-bond donors (Lipinski definition) is 1. The van der Waals surface area contributed by atoms with Gasteiger partial charge in [0, 0.05) is 23.8 Å². The molecule has 3 heteroatoms. The second kappa shape index (κ2) is 5.04. The zero-order chi connectivity index (χ0) is 13.4. The molecule has 0 saturated carbocycles. The smallest absolute Gasteiger partial charge is 0.119 e. The van der Waals surface area contributed by atoms with Gasteiger partial charge in [-0.25, -0.2) is 0 Å². The SMILES string of the molecule is COc1ccc(NC2CC3CCC(C2)N3C)c(C)c1. The van der Waals surface area contributed by atoms with Crippen LogP contribution in [0.2, 0.25) is 0 Å². The molecular weight excluding hydrogens is 236 g/mol. The molecule has 2 fully saturated rings. The van der Waals surface area contributed by atoms with E-state index in [1.807, 2.05) is 6.07 Å². The lowest BCUT2D eigenvalue weighted by molar-refractivity contribution is 0.169. The number of piperidine rings is 1. The number of methoxy groups -OCH3 is 1. The van der Waals surface area contributed by atoms with E-state index in [-0.39, 0.29) is 0 Å². The van der Waals surface area contributed by atoms with Crippen LogP contribution in [0.25, 0.3) is 0 Å². The molecule has 1 N–H and O–H groups in total. The molecule has 19 heavy (non-hydrogen) atoms. The zero-order valence-corrected chi connectivity index (χ0v) is 12.1. The largest absolute Gasteiger partial charge is 0.497 e. The van der Waals surface area contributed by atoms with Gasteiger partial charge in [0.25, 0.3) is 0 Å². The Morgan fingerprint density at radius 3 is 2.47 bits per heavy atom. The quantitative estimate of drug-likeness (QED) is 0.904. The van der Waals surface area contributed by atoms with Crippen LogP contribution in [0, 0.1) is 6.92 Å². The van der Waals surface area contributed by atoms with Gasteiger partial charge in [-0.3, -0.25) is 0 Å². The fraction of sp³-hybridized carbons (Fsp3) is 0.625. The summed E-state index contributed by atoms with van der Waals surface area (Å²) in [4.78, 5) is 2.58. The molecular formula is C16H24N2O. The second-order valence-electron chi connectivity index (χ2n) is 6.04. The second-order valence-corrected chi connectivity index (χ2v) is 6.04. The topological polar surface area (TPSA) is 24.5 Å². The van der Waals surface area contributed by atoms with Crippen molar-refractivity contribution in [3.05, 3.63) is 23.8 Å². The molecule has 2 heterocycles. The Labute approximate surface area is 115 Å². The van der Waals surface area contributed by atoms with Gasteiger partial charge in [0.1, 0.15) is 5.75 Å². The van der Waals surface area contributed by atoms with Crippen molar-refractivity contribution < 1.29 is 4.74 Å². The van der Waals surface area contributed by atoms with Crippen molar-refractivity contribution in [3.8, 4) is 5.75 Å². The molecule has 0 aliphatic carbocycles. The normalized spacial score (nSPS) is 30.4. The van der Waals surface area contributed by atoms with Crippen molar-refractivity contribution in [2.75, 3.05) is 19.5 Å². The first-order valence-corrected chi connectivity index (χ1v) is 7.30. The molecule has 0 radical (unpaired) electrons. The summed E-state index contributed by atoms with van der Waals surface area (Å²) in [6, 6.07) is 8.49. The summed E-state index contributed by atoms with van der Waals surface area (Å²) in [7, 11) is 4.01. The standard InChI is InChI=1S/C16H24N2O/c1-11-8-15(19-3)6-7-16(11)17-12-9-13-4-5-14(10-12)18(13)2/h6-8,12-14,17H,4-5,9-10H2,1-3H3. The Bertz CT molecular complexity index is 446. The maximum atomic E-state index is 5.26. The summed E-state index contributed by atoms with van der Waals surface area (Å²) < 4.78 is 5.26. The van der Waals surface area contributed by atoms with Gasteiger partial charge in [0.2, 0.25) is 0 Å². The van der Waals surface area contributed by atoms with Crippen molar-refractivity contribution in [2.45, 2.75) is 50.7 Å². The minimum absolute atomic E-state index is 0.626. The molecule has 104 valence electrons. The van der Waals surface area contributed by atoms with E-state index in [1.165, 1.54) is 36.9 Å². The van der Waals surface area contributed by atoms with Crippen LogP contribution >= 0.6 is 0 Å². The summed E-state index contributed by atoms with van der Waals surface area (Å²) >= 11 is 0. The average molecular weight is 260 g/mol. The molecule has 2 atom stereocenters. The number of anilines is 1. The van der Waals surface area contributed by atoms with Crippen molar-refractivity contribution >= 4 is 5.69 Å².